The predicted molar refractivity (Wildman–Crippen MR) is 103 cm³/mol. The first kappa shape index (κ1) is 21.1. The number of rotatable bonds is 6. The van der Waals surface area contributed by atoms with Crippen LogP contribution in [-0.4, -0.2) is 35.7 Å². The lowest BCUT2D eigenvalue weighted by Gasteiger charge is -2.17. The highest BCUT2D eigenvalue weighted by molar-refractivity contribution is 9.10. The van der Waals surface area contributed by atoms with Crippen molar-refractivity contribution in [2.45, 2.75) is 31.0 Å². The monoisotopic (exact) mass is 484 g/mol. The van der Waals surface area contributed by atoms with Crippen LogP contribution in [-0.2, 0) is 10.0 Å². The third kappa shape index (κ3) is 5.18. The van der Waals surface area contributed by atoms with Crippen LogP contribution >= 0.6 is 39.1 Å². The Kier molecular flexibility index (Phi) is 6.70. The molecule has 1 heterocycles. The first-order chi connectivity index (χ1) is 12.0. The van der Waals surface area contributed by atoms with Crippen LogP contribution in [0, 0.1) is 0 Å². The molecule has 0 aliphatic heterocycles. The van der Waals surface area contributed by atoms with Gasteiger partial charge < -0.3 is 15.2 Å². The fourth-order valence-corrected chi connectivity index (χ4v) is 3.88. The van der Waals surface area contributed by atoms with Crippen molar-refractivity contribution < 1.29 is 18.3 Å². The number of ether oxygens (including phenoxy) is 1. The number of nitrogens with zero attached hydrogens (tertiary/aromatic N) is 2. The minimum Gasteiger partial charge on any atom is -0.471 e. The fourth-order valence-electron chi connectivity index (χ4n) is 1.80. The standard InChI is InChI=1S/C14H15BrCl2N4O4S/c1-6(22)7(2)25-13-9(15)5-19-14(21-13)20-8-3-10(16)12(11(17)4-8)26(18,23)24/h3-7,22H,1-2H3,(H2,18,23,24)(H,19,20,21)/t6-,7-/m1/s1. The zero-order valence-electron chi connectivity index (χ0n) is 13.6. The van der Waals surface area contributed by atoms with Crippen LogP contribution in [0.1, 0.15) is 13.8 Å². The van der Waals surface area contributed by atoms with Gasteiger partial charge in [-0.05, 0) is 41.9 Å². The molecule has 0 bridgehead atoms. The van der Waals surface area contributed by atoms with E-state index in [9.17, 15) is 13.5 Å². The first-order valence-electron chi connectivity index (χ1n) is 7.15. The number of nitrogens with one attached hydrogen (secondary N) is 1. The summed E-state index contributed by atoms with van der Waals surface area (Å²) in [5.41, 5.74) is 0.351. The number of primary sulfonamides is 1. The van der Waals surface area contributed by atoms with E-state index in [-0.39, 0.29) is 26.8 Å². The Hall–Kier alpha value is -1.17. The normalized spacial score (nSPS) is 14.0. The number of nitrogens with two attached hydrogens (primary N) is 1. The van der Waals surface area contributed by atoms with Gasteiger partial charge in [-0.1, -0.05) is 23.2 Å². The third-order valence-corrected chi connectivity index (χ3v) is 5.60. The molecule has 0 aliphatic carbocycles. The molecule has 2 atom stereocenters. The zero-order valence-corrected chi connectivity index (χ0v) is 17.5. The maximum atomic E-state index is 11.5. The highest BCUT2D eigenvalue weighted by atomic mass is 79.9. The third-order valence-electron chi connectivity index (χ3n) is 3.23. The van der Waals surface area contributed by atoms with Gasteiger partial charge in [0.25, 0.3) is 0 Å². The van der Waals surface area contributed by atoms with Crippen molar-refractivity contribution in [2.24, 2.45) is 5.14 Å². The van der Waals surface area contributed by atoms with Crippen LogP contribution in [0.5, 0.6) is 5.88 Å². The van der Waals surface area contributed by atoms with Crippen LogP contribution in [0.2, 0.25) is 10.0 Å². The Labute approximate surface area is 168 Å². The zero-order chi connectivity index (χ0) is 19.6. The Morgan fingerprint density at radius 3 is 2.38 bits per heavy atom. The molecular formula is C14H15BrCl2N4O4S. The Morgan fingerprint density at radius 1 is 1.31 bits per heavy atom. The van der Waals surface area contributed by atoms with E-state index < -0.39 is 22.2 Å². The van der Waals surface area contributed by atoms with Crippen LogP contribution in [0.25, 0.3) is 0 Å². The molecule has 2 rings (SSSR count). The van der Waals surface area contributed by atoms with Crippen molar-refractivity contribution in [3.8, 4) is 5.88 Å². The molecule has 0 aliphatic rings. The van der Waals surface area contributed by atoms with Gasteiger partial charge in [0.1, 0.15) is 11.0 Å². The second-order valence-electron chi connectivity index (χ2n) is 5.35. The highest BCUT2D eigenvalue weighted by Gasteiger charge is 2.19. The SMILES string of the molecule is C[C@@H](O)[C@@H](C)Oc1nc(Nc2cc(Cl)c(S(N)(=O)=O)c(Cl)c2)ncc1Br. The lowest BCUT2D eigenvalue weighted by atomic mass is 10.3. The summed E-state index contributed by atoms with van der Waals surface area (Å²) in [6.07, 6.45) is 0.269. The van der Waals surface area contributed by atoms with Crippen molar-refractivity contribution in [3.63, 3.8) is 0 Å². The van der Waals surface area contributed by atoms with E-state index in [4.69, 9.17) is 33.1 Å². The van der Waals surface area contributed by atoms with Crippen molar-refractivity contribution >= 4 is 60.8 Å². The maximum absolute atomic E-state index is 11.5. The summed E-state index contributed by atoms with van der Waals surface area (Å²) in [5, 5.41) is 17.2. The summed E-state index contributed by atoms with van der Waals surface area (Å²) in [6, 6.07) is 2.66. The Bertz CT molecular complexity index is 904. The molecule has 2 aromatic rings. The van der Waals surface area contributed by atoms with E-state index in [0.29, 0.717) is 10.2 Å². The fraction of sp³-hybridized carbons (Fsp3) is 0.286. The average molecular weight is 486 g/mol. The van der Waals surface area contributed by atoms with Crippen LogP contribution < -0.4 is 15.2 Å². The molecule has 1 aromatic carbocycles. The van der Waals surface area contributed by atoms with Gasteiger partial charge in [0.05, 0.1) is 26.8 Å². The van der Waals surface area contributed by atoms with E-state index in [2.05, 4.69) is 31.2 Å². The van der Waals surface area contributed by atoms with Crippen molar-refractivity contribution in [3.05, 3.63) is 32.8 Å². The summed E-state index contributed by atoms with van der Waals surface area (Å²) in [4.78, 5) is 7.90. The van der Waals surface area contributed by atoms with Gasteiger partial charge in [-0.2, -0.15) is 4.98 Å². The van der Waals surface area contributed by atoms with Gasteiger partial charge in [-0.15, -0.1) is 0 Å². The highest BCUT2D eigenvalue weighted by Crippen LogP contribution is 2.33. The van der Waals surface area contributed by atoms with Gasteiger partial charge in [-0.25, -0.2) is 18.5 Å². The summed E-state index contributed by atoms with van der Waals surface area (Å²) in [5.74, 6) is 0.366. The molecular weight excluding hydrogens is 471 g/mol. The van der Waals surface area contributed by atoms with E-state index in [1.165, 1.54) is 18.3 Å². The van der Waals surface area contributed by atoms with Crippen molar-refractivity contribution in [2.75, 3.05) is 5.32 Å². The van der Waals surface area contributed by atoms with Gasteiger partial charge in [0, 0.05) is 5.69 Å². The number of benzene rings is 1. The molecule has 0 unspecified atom stereocenters. The summed E-state index contributed by atoms with van der Waals surface area (Å²) in [7, 11) is -4.06. The second kappa shape index (κ2) is 8.24. The van der Waals surface area contributed by atoms with Crippen LogP contribution in [0.4, 0.5) is 11.6 Å². The number of halogens is 3. The maximum Gasteiger partial charge on any atom is 0.241 e. The Balaban J connectivity index is 2.32. The van der Waals surface area contributed by atoms with Crippen molar-refractivity contribution in [1.29, 1.82) is 0 Å². The molecule has 4 N–H and O–H groups in total. The molecule has 1 aromatic heterocycles. The molecule has 0 saturated heterocycles. The number of aliphatic hydroxyl groups excluding tert-OH is 1. The van der Waals surface area contributed by atoms with Crippen LogP contribution in [0.15, 0.2) is 27.7 Å². The van der Waals surface area contributed by atoms with Crippen molar-refractivity contribution in [1.82, 2.24) is 9.97 Å². The minimum absolute atomic E-state index is 0.140. The number of hydrogen-bond donors (Lipinski definition) is 3. The van der Waals surface area contributed by atoms with E-state index >= 15 is 0 Å². The molecule has 0 fully saturated rings. The molecule has 142 valence electrons. The lowest BCUT2D eigenvalue weighted by molar-refractivity contribution is 0.0569. The predicted octanol–water partition coefficient (Wildman–Crippen LogP) is 3.08. The molecule has 0 amide bonds. The number of aromatic nitrogens is 2. The van der Waals surface area contributed by atoms with Gasteiger partial charge in [0.2, 0.25) is 21.9 Å². The van der Waals surface area contributed by atoms with Crippen LogP contribution in [0.3, 0.4) is 0 Å². The first-order valence-corrected chi connectivity index (χ1v) is 10.2. The van der Waals surface area contributed by atoms with Gasteiger partial charge >= 0.3 is 0 Å². The second-order valence-corrected chi connectivity index (χ2v) is 8.52. The van der Waals surface area contributed by atoms with Gasteiger partial charge in [0.15, 0.2) is 0 Å². The molecule has 0 spiro atoms. The molecule has 8 nitrogen and oxygen atoms in total. The summed E-state index contributed by atoms with van der Waals surface area (Å²) >= 11 is 15.2. The van der Waals surface area contributed by atoms with E-state index in [0.717, 1.165) is 0 Å². The molecule has 0 radical (unpaired) electrons. The summed E-state index contributed by atoms with van der Waals surface area (Å²) in [6.45, 7) is 3.29. The van der Waals surface area contributed by atoms with E-state index in [1.54, 1.807) is 13.8 Å². The lowest BCUT2D eigenvalue weighted by Crippen LogP contribution is -2.26. The minimum atomic E-state index is -4.06. The topological polar surface area (TPSA) is 127 Å². The molecule has 0 saturated carbocycles. The average Bonchev–Trinajstić information content (AvgIpc) is 2.48. The molecule has 26 heavy (non-hydrogen) atoms. The van der Waals surface area contributed by atoms with Gasteiger partial charge in [-0.3, -0.25) is 0 Å². The number of aliphatic hydroxyl groups is 1. The number of anilines is 2. The molecule has 12 heteroatoms. The smallest absolute Gasteiger partial charge is 0.241 e. The largest absolute Gasteiger partial charge is 0.471 e. The Morgan fingerprint density at radius 2 is 1.88 bits per heavy atom. The summed E-state index contributed by atoms with van der Waals surface area (Å²) < 4.78 is 29.1. The van der Waals surface area contributed by atoms with E-state index in [1.807, 2.05) is 0 Å². The number of sulfonamides is 1. The number of hydrogen-bond acceptors (Lipinski definition) is 7. The quantitative estimate of drug-likeness (QED) is 0.573.